The summed E-state index contributed by atoms with van der Waals surface area (Å²) in [6, 6.07) is 14.8. The standard InChI is InChI=1S/C47H44F6N2O3/c1-41(2)24-42(3,4)26-43(25-41)35-11-9-8-10-31(35)38-33-22-36-37(55(5)47(52,53)45(48,49)46(50,51)54-36)23-34(33)40-32(39(38)43)20-21-44(58-40,27-12-16-29(56-6)17-13-27)28-14-18-30(57-7)19-15-28/h8-23,54H,24-26H2,1-7H3. The lowest BCUT2D eigenvalue weighted by Crippen LogP contribution is -2.62. The maximum absolute atomic E-state index is 15.6. The van der Waals surface area contributed by atoms with Crippen molar-refractivity contribution >= 4 is 28.2 Å². The van der Waals surface area contributed by atoms with Crippen molar-refractivity contribution in [1.82, 2.24) is 0 Å². The van der Waals surface area contributed by atoms with Crippen LogP contribution in [-0.2, 0) is 11.0 Å². The molecule has 2 aliphatic heterocycles. The number of hydrogen-bond donors (Lipinski definition) is 1. The Morgan fingerprint density at radius 2 is 1.28 bits per heavy atom. The number of rotatable bonds is 4. The molecule has 58 heavy (non-hydrogen) atoms. The molecule has 0 unspecified atom stereocenters. The molecule has 0 amide bonds. The Kier molecular flexibility index (Phi) is 7.98. The Labute approximate surface area is 333 Å². The van der Waals surface area contributed by atoms with Crippen molar-refractivity contribution < 1.29 is 40.6 Å². The van der Waals surface area contributed by atoms with E-state index in [9.17, 15) is 0 Å². The van der Waals surface area contributed by atoms with Gasteiger partial charge >= 0.3 is 18.0 Å². The van der Waals surface area contributed by atoms with Crippen LogP contribution in [-0.4, -0.2) is 39.3 Å². The van der Waals surface area contributed by atoms with Crippen molar-refractivity contribution in [3.63, 3.8) is 0 Å². The number of methoxy groups -OCH3 is 2. The second-order valence-electron chi connectivity index (χ2n) is 17.9. The van der Waals surface area contributed by atoms with E-state index in [0.717, 1.165) is 47.1 Å². The van der Waals surface area contributed by atoms with Gasteiger partial charge in [0.2, 0.25) is 0 Å². The molecule has 1 fully saturated rings. The van der Waals surface area contributed by atoms with E-state index in [1.807, 2.05) is 78.9 Å². The number of hydrogen-bond acceptors (Lipinski definition) is 5. The fourth-order valence-electron chi connectivity index (χ4n) is 11.0. The van der Waals surface area contributed by atoms with Crippen molar-refractivity contribution in [1.29, 1.82) is 0 Å². The molecule has 0 atom stereocenters. The molecule has 5 aromatic carbocycles. The highest BCUT2D eigenvalue weighted by molar-refractivity contribution is 6.11. The van der Waals surface area contributed by atoms with Gasteiger partial charge < -0.3 is 24.4 Å². The summed E-state index contributed by atoms with van der Waals surface area (Å²) < 4.78 is 111. The van der Waals surface area contributed by atoms with Crippen molar-refractivity contribution in [3.05, 3.63) is 119 Å². The summed E-state index contributed by atoms with van der Waals surface area (Å²) in [4.78, 5) is -0.0597. The molecule has 0 saturated heterocycles. The maximum Gasteiger partial charge on any atom is 0.411 e. The number of fused-ring (bicyclic) bond motifs is 11. The van der Waals surface area contributed by atoms with Gasteiger partial charge in [-0.25, -0.2) is 0 Å². The first-order valence-corrected chi connectivity index (χ1v) is 19.3. The molecular weight excluding hydrogens is 755 g/mol. The molecule has 0 radical (unpaired) electrons. The number of benzene rings is 5. The van der Waals surface area contributed by atoms with Crippen LogP contribution in [0, 0.1) is 10.8 Å². The van der Waals surface area contributed by atoms with E-state index in [1.54, 1.807) is 19.5 Å². The molecule has 1 saturated carbocycles. The predicted octanol–water partition coefficient (Wildman–Crippen LogP) is 12.4. The van der Waals surface area contributed by atoms with E-state index < -0.39 is 40.4 Å². The van der Waals surface area contributed by atoms with Gasteiger partial charge in [-0.15, -0.1) is 0 Å². The monoisotopic (exact) mass is 798 g/mol. The van der Waals surface area contributed by atoms with Gasteiger partial charge in [0.15, 0.2) is 5.60 Å². The van der Waals surface area contributed by atoms with E-state index in [1.165, 1.54) is 12.1 Å². The predicted molar refractivity (Wildman–Crippen MR) is 215 cm³/mol. The molecule has 4 aliphatic rings. The lowest BCUT2D eigenvalue weighted by Gasteiger charge is -2.52. The lowest BCUT2D eigenvalue weighted by molar-refractivity contribution is -0.295. The van der Waals surface area contributed by atoms with Gasteiger partial charge in [0.25, 0.3) is 0 Å². The molecule has 0 aromatic heterocycles. The first kappa shape index (κ1) is 38.2. The molecule has 1 spiro atoms. The summed E-state index contributed by atoms with van der Waals surface area (Å²) in [5.74, 6) is -4.22. The minimum Gasteiger partial charge on any atom is -0.497 e. The molecule has 2 aliphatic carbocycles. The zero-order chi connectivity index (χ0) is 41.4. The molecule has 9 rings (SSSR count). The van der Waals surface area contributed by atoms with Crippen molar-refractivity contribution in [2.75, 3.05) is 31.5 Å². The smallest absolute Gasteiger partial charge is 0.411 e. The number of alkyl halides is 6. The first-order chi connectivity index (χ1) is 27.2. The largest absolute Gasteiger partial charge is 0.497 e. The van der Waals surface area contributed by atoms with Crippen molar-refractivity contribution in [2.24, 2.45) is 10.8 Å². The molecular formula is C47H44F6N2O3. The summed E-state index contributed by atoms with van der Waals surface area (Å²) in [5, 5.41) is 2.29. The van der Waals surface area contributed by atoms with E-state index in [4.69, 9.17) is 14.2 Å². The fraction of sp³-hybridized carbons (Fsp3) is 0.362. The number of nitrogens with one attached hydrogen (secondary N) is 1. The van der Waals surface area contributed by atoms with Crippen LogP contribution in [0.1, 0.15) is 74.8 Å². The van der Waals surface area contributed by atoms with Crippen LogP contribution in [0.4, 0.5) is 37.7 Å². The highest BCUT2D eigenvalue weighted by Gasteiger charge is 2.75. The molecule has 302 valence electrons. The van der Waals surface area contributed by atoms with Crippen molar-refractivity contribution in [3.8, 4) is 28.4 Å². The Bertz CT molecular complexity index is 2460. The summed E-state index contributed by atoms with van der Waals surface area (Å²) in [5.41, 5.74) is 2.53. The number of anilines is 2. The molecule has 5 aromatic rings. The normalized spacial score (nSPS) is 21.8. The van der Waals surface area contributed by atoms with Crippen molar-refractivity contribution in [2.45, 2.75) is 76.0 Å². The van der Waals surface area contributed by atoms with Crippen LogP contribution < -0.4 is 24.4 Å². The molecule has 2 heterocycles. The van der Waals surface area contributed by atoms with Gasteiger partial charge in [-0.3, -0.25) is 0 Å². The number of nitrogens with zero attached hydrogens (tertiary/aromatic N) is 1. The summed E-state index contributed by atoms with van der Waals surface area (Å²) >= 11 is 0. The lowest BCUT2D eigenvalue weighted by atomic mass is 9.52. The van der Waals surface area contributed by atoms with Gasteiger partial charge in [0.1, 0.15) is 17.2 Å². The Morgan fingerprint density at radius 1 is 0.707 bits per heavy atom. The van der Waals surface area contributed by atoms with E-state index in [2.05, 4.69) is 33.8 Å². The van der Waals surface area contributed by atoms with Gasteiger partial charge in [0.05, 0.1) is 25.6 Å². The van der Waals surface area contributed by atoms with E-state index >= 15 is 26.3 Å². The van der Waals surface area contributed by atoms with Crippen LogP contribution in [0.5, 0.6) is 17.2 Å². The third kappa shape index (κ3) is 5.16. The van der Waals surface area contributed by atoms with Gasteiger partial charge in [0, 0.05) is 34.5 Å². The summed E-state index contributed by atoms with van der Waals surface area (Å²) in [6.45, 7) is 9.04. The van der Waals surface area contributed by atoms with E-state index in [0.29, 0.717) is 46.2 Å². The summed E-state index contributed by atoms with van der Waals surface area (Å²) in [6.07, 6.45) is 6.49. The number of ether oxygens (including phenoxy) is 3. The van der Waals surface area contributed by atoms with Gasteiger partial charge in [-0.2, -0.15) is 26.3 Å². The quantitative estimate of drug-likeness (QED) is 0.145. The zero-order valence-electron chi connectivity index (χ0n) is 33.3. The average Bonchev–Trinajstić information content (AvgIpc) is 3.42. The maximum atomic E-state index is 15.6. The second kappa shape index (κ2) is 12.1. The molecule has 5 nitrogen and oxygen atoms in total. The minimum absolute atomic E-state index is 0.0597. The molecule has 11 heteroatoms. The Balaban J connectivity index is 1.42. The second-order valence-corrected chi connectivity index (χ2v) is 17.9. The third-order valence-corrected chi connectivity index (χ3v) is 12.8. The SMILES string of the molecule is COc1ccc(C2(c3ccc(OC)cc3)C=Cc3c4c(c5cc6c(cc5c3O2)N(C)C(F)(F)C(F)(F)C(F)(F)N6)-c2ccccc2C42CC(C)(C)CC(C)(C)C2)cc1. The molecule has 0 bridgehead atoms. The van der Waals surface area contributed by atoms with Crippen LogP contribution in [0.3, 0.4) is 0 Å². The highest BCUT2D eigenvalue weighted by Crippen LogP contribution is 2.67. The highest BCUT2D eigenvalue weighted by atomic mass is 19.3. The third-order valence-electron chi connectivity index (χ3n) is 12.8. The molecule has 1 N–H and O–H groups in total. The fourth-order valence-corrected chi connectivity index (χ4v) is 11.0. The summed E-state index contributed by atoms with van der Waals surface area (Å²) in [7, 11) is 3.84. The van der Waals surface area contributed by atoms with Crippen LogP contribution >= 0.6 is 0 Å². The van der Waals surface area contributed by atoms with Gasteiger partial charge in [-0.05, 0) is 100 Å². The average molecular weight is 799 g/mol. The number of halogens is 6. The first-order valence-electron chi connectivity index (χ1n) is 19.3. The Morgan fingerprint density at radius 3 is 1.84 bits per heavy atom. The van der Waals surface area contributed by atoms with Crippen LogP contribution in [0.25, 0.3) is 28.0 Å². The van der Waals surface area contributed by atoms with Crippen LogP contribution in [0.2, 0.25) is 0 Å². The zero-order valence-corrected chi connectivity index (χ0v) is 33.3. The van der Waals surface area contributed by atoms with Gasteiger partial charge in [-0.1, -0.05) is 82.3 Å². The Hall–Kier alpha value is -5.32. The minimum atomic E-state index is -5.77. The topological polar surface area (TPSA) is 43.0 Å². The van der Waals surface area contributed by atoms with Crippen LogP contribution in [0.15, 0.2) is 91.0 Å². The van der Waals surface area contributed by atoms with E-state index in [-0.39, 0.29) is 15.7 Å².